The number of rotatable bonds is 7. The molecule has 1 aliphatic carbocycles. The third kappa shape index (κ3) is 3.37. The number of hydrogen-bond acceptors (Lipinski definition) is 6. The molecule has 0 amide bonds. The molecule has 2 heterocycles. The predicted molar refractivity (Wildman–Crippen MR) is 114 cm³/mol. The lowest BCUT2D eigenvalue weighted by atomic mass is 10.1. The number of Topliss-reactive ketones (excluding diaryl/α,β-unsaturated/α-hetero) is 1. The standard InChI is InChI=1S/C21H17N5O3S/c27-19(13-4-3-5-15(10-13)26(28)29)12-30-21-24-23-20(25(21)14-8-9-14)17-11-22-18-7-2-1-6-16(17)18/h1-7,10-11,14,22H,8-9,12H2. The number of non-ortho nitro benzene ring substituents is 1. The molecule has 1 fully saturated rings. The quantitative estimate of drug-likeness (QED) is 0.202. The number of nitro groups is 1. The third-order valence-electron chi connectivity index (χ3n) is 5.12. The molecule has 4 aromatic rings. The first-order valence-corrected chi connectivity index (χ1v) is 10.5. The number of H-pyrrole nitrogens is 1. The Hall–Kier alpha value is -3.46. The van der Waals surface area contributed by atoms with Crippen LogP contribution in [0.4, 0.5) is 5.69 Å². The Kier molecular flexibility index (Phi) is 4.59. The monoisotopic (exact) mass is 419 g/mol. The highest BCUT2D eigenvalue weighted by molar-refractivity contribution is 7.99. The molecule has 5 rings (SSSR count). The molecule has 0 bridgehead atoms. The second-order valence-corrected chi connectivity index (χ2v) is 8.12. The largest absolute Gasteiger partial charge is 0.360 e. The van der Waals surface area contributed by atoms with Gasteiger partial charge in [0.05, 0.1) is 10.7 Å². The van der Waals surface area contributed by atoms with E-state index in [1.165, 1.54) is 30.0 Å². The van der Waals surface area contributed by atoms with Crippen molar-refractivity contribution in [1.29, 1.82) is 0 Å². The second-order valence-electron chi connectivity index (χ2n) is 7.17. The van der Waals surface area contributed by atoms with Gasteiger partial charge in [-0.1, -0.05) is 42.1 Å². The zero-order valence-corrected chi connectivity index (χ0v) is 16.6. The molecule has 1 saturated carbocycles. The van der Waals surface area contributed by atoms with Crippen molar-refractivity contribution in [2.24, 2.45) is 0 Å². The fourth-order valence-electron chi connectivity index (χ4n) is 3.48. The van der Waals surface area contributed by atoms with Gasteiger partial charge in [-0.15, -0.1) is 10.2 Å². The minimum atomic E-state index is -0.499. The van der Waals surface area contributed by atoms with E-state index in [-0.39, 0.29) is 17.2 Å². The number of thioether (sulfide) groups is 1. The summed E-state index contributed by atoms with van der Waals surface area (Å²) >= 11 is 1.32. The van der Waals surface area contributed by atoms with Gasteiger partial charge in [-0.3, -0.25) is 19.5 Å². The topological polar surface area (TPSA) is 107 Å². The van der Waals surface area contributed by atoms with E-state index < -0.39 is 4.92 Å². The van der Waals surface area contributed by atoms with Gasteiger partial charge in [-0.05, 0) is 18.9 Å². The minimum Gasteiger partial charge on any atom is -0.360 e. The summed E-state index contributed by atoms with van der Waals surface area (Å²) in [5.41, 5.74) is 2.26. The van der Waals surface area contributed by atoms with Gasteiger partial charge in [0.1, 0.15) is 0 Å². The zero-order valence-electron chi connectivity index (χ0n) is 15.8. The van der Waals surface area contributed by atoms with Crippen molar-refractivity contribution in [1.82, 2.24) is 19.7 Å². The number of hydrogen-bond donors (Lipinski definition) is 1. The first-order chi connectivity index (χ1) is 14.6. The van der Waals surface area contributed by atoms with Crippen LogP contribution in [0.15, 0.2) is 59.9 Å². The molecular formula is C21H17N5O3S. The third-order valence-corrected chi connectivity index (χ3v) is 6.06. The summed E-state index contributed by atoms with van der Waals surface area (Å²) in [6.07, 6.45) is 4.05. The number of nitrogens with zero attached hydrogens (tertiary/aromatic N) is 4. The van der Waals surface area contributed by atoms with Crippen LogP contribution in [-0.4, -0.2) is 36.2 Å². The van der Waals surface area contributed by atoms with Gasteiger partial charge in [0.25, 0.3) is 5.69 Å². The van der Waals surface area contributed by atoms with E-state index >= 15 is 0 Å². The van der Waals surface area contributed by atoms with Gasteiger partial charge in [0, 0.05) is 46.4 Å². The number of ketones is 1. The van der Waals surface area contributed by atoms with Crippen molar-refractivity contribution in [3.05, 3.63) is 70.4 Å². The van der Waals surface area contributed by atoms with Gasteiger partial charge in [0.15, 0.2) is 16.8 Å². The molecule has 8 nitrogen and oxygen atoms in total. The first kappa shape index (κ1) is 18.6. The Morgan fingerprint density at radius 1 is 1.20 bits per heavy atom. The number of aromatic nitrogens is 4. The highest BCUT2D eigenvalue weighted by atomic mass is 32.2. The second kappa shape index (κ2) is 7.42. The van der Waals surface area contributed by atoms with Gasteiger partial charge >= 0.3 is 0 Å². The fourth-order valence-corrected chi connectivity index (χ4v) is 4.38. The number of benzene rings is 2. The van der Waals surface area contributed by atoms with Crippen LogP contribution in [0.3, 0.4) is 0 Å². The average molecular weight is 419 g/mol. The SMILES string of the molecule is O=C(CSc1nnc(-c2c[nH]c3ccccc23)n1C1CC1)c1cccc([N+](=O)[O-])c1. The van der Waals surface area contributed by atoms with E-state index in [1.54, 1.807) is 6.07 Å². The summed E-state index contributed by atoms with van der Waals surface area (Å²) in [6, 6.07) is 14.2. The fraction of sp³-hybridized carbons (Fsp3) is 0.190. The molecule has 0 spiro atoms. The lowest BCUT2D eigenvalue weighted by molar-refractivity contribution is -0.384. The van der Waals surface area contributed by atoms with E-state index in [0.29, 0.717) is 16.8 Å². The van der Waals surface area contributed by atoms with Gasteiger partial charge in [-0.25, -0.2) is 0 Å². The van der Waals surface area contributed by atoms with Crippen LogP contribution in [0, 0.1) is 10.1 Å². The maximum Gasteiger partial charge on any atom is 0.270 e. The molecule has 9 heteroatoms. The van der Waals surface area contributed by atoms with E-state index in [1.807, 2.05) is 30.5 Å². The van der Waals surface area contributed by atoms with Crippen LogP contribution in [0.5, 0.6) is 0 Å². The molecule has 2 aromatic carbocycles. The van der Waals surface area contributed by atoms with Crippen LogP contribution >= 0.6 is 11.8 Å². The zero-order chi connectivity index (χ0) is 20.7. The lowest BCUT2D eigenvalue weighted by Crippen LogP contribution is -2.05. The van der Waals surface area contributed by atoms with E-state index in [2.05, 4.69) is 19.7 Å². The minimum absolute atomic E-state index is 0.0892. The van der Waals surface area contributed by atoms with Crippen molar-refractivity contribution in [2.75, 3.05) is 5.75 Å². The molecule has 1 N–H and O–H groups in total. The lowest BCUT2D eigenvalue weighted by Gasteiger charge is -2.08. The molecule has 0 aliphatic heterocycles. The van der Waals surface area contributed by atoms with Crippen molar-refractivity contribution >= 4 is 34.1 Å². The maximum atomic E-state index is 12.6. The van der Waals surface area contributed by atoms with E-state index in [4.69, 9.17) is 0 Å². The summed E-state index contributed by atoms with van der Waals surface area (Å²) in [7, 11) is 0. The van der Waals surface area contributed by atoms with Crippen LogP contribution in [0.25, 0.3) is 22.3 Å². The predicted octanol–water partition coefficient (Wildman–Crippen LogP) is 4.64. The summed E-state index contributed by atoms with van der Waals surface area (Å²) < 4.78 is 2.11. The van der Waals surface area contributed by atoms with Crippen molar-refractivity contribution in [3.8, 4) is 11.4 Å². The number of nitro benzene ring substituents is 1. The Morgan fingerprint density at radius 3 is 2.83 bits per heavy atom. The molecule has 0 radical (unpaired) electrons. The molecule has 0 saturated heterocycles. The molecule has 0 atom stereocenters. The Balaban J connectivity index is 1.41. The molecule has 0 unspecified atom stereocenters. The number of fused-ring (bicyclic) bond motifs is 1. The van der Waals surface area contributed by atoms with Crippen molar-refractivity contribution in [2.45, 2.75) is 24.0 Å². The Morgan fingerprint density at radius 2 is 2.03 bits per heavy atom. The highest BCUT2D eigenvalue weighted by Gasteiger charge is 2.31. The Bertz CT molecular complexity index is 1270. The highest BCUT2D eigenvalue weighted by Crippen LogP contribution is 2.42. The molecule has 2 aromatic heterocycles. The maximum absolute atomic E-state index is 12.6. The summed E-state index contributed by atoms with van der Waals surface area (Å²) in [6.45, 7) is 0. The van der Waals surface area contributed by atoms with Crippen LogP contribution in [0.1, 0.15) is 29.2 Å². The first-order valence-electron chi connectivity index (χ1n) is 9.53. The van der Waals surface area contributed by atoms with Gasteiger partial charge in [0.2, 0.25) is 0 Å². The number of nitrogens with one attached hydrogen (secondary N) is 1. The van der Waals surface area contributed by atoms with E-state index in [9.17, 15) is 14.9 Å². The van der Waals surface area contributed by atoms with Crippen LogP contribution < -0.4 is 0 Å². The van der Waals surface area contributed by atoms with Gasteiger partial charge in [-0.2, -0.15) is 0 Å². The smallest absolute Gasteiger partial charge is 0.270 e. The number of carbonyl (C=O) groups is 1. The average Bonchev–Trinajstić information content (AvgIpc) is 3.38. The van der Waals surface area contributed by atoms with Crippen molar-refractivity contribution in [3.63, 3.8) is 0 Å². The number of carbonyl (C=O) groups excluding carboxylic acids is 1. The van der Waals surface area contributed by atoms with Crippen LogP contribution in [-0.2, 0) is 0 Å². The van der Waals surface area contributed by atoms with Crippen LogP contribution in [0.2, 0.25) is 0 Å². The summed E-state index contributed by atoms with van der Waals surface area (Å²) in [4.78, 5) is 26.3. The molecule has 30 heavy (non-hydrogen) atoms. The van der Waals surface area contributed by atoms with E-state index in [0.717, 1.165) is 35.1 Å². The number of aromatic amines is 1. The summed E-state index contributed by atoms with van der Waals surface area (Å²) in [5, 5.41) is 21.5. The van der Waals surface area contributed by atoms with Gasteiger partial charge < -0.3 is 4.98 Å². The molecule has 1 aliphatic rings. The molecular weight excluding hydrogens is 402 g/mol. The Labute approximate surface area is 175 Å². The number of para-hydroxylation sites is 1. The van der Waals surface area contributed by atoms with Crippen molar-refractivity contribution < 1.29 is 9.72 Å². The molecule has 150 valence electrons. The summed E-state index contributed by atoms with van der Waals surface area (Å²) in [5.74, 6) is 0.753. The normalized spacial score (nSPS) is 13.6.